The summed E-state index contributed by atoms with van der Waals surface area (Å²) in [6.45, 7) is 13.2. The lowest BCUT2D eigenvalue weighted by molar-refractivity contribution is -0.136. The van der Waals surface area contributed by atoms with Crippen molar-refractivity contribution in [3.8, 4) is 0 Å². The van der Waals surface area contributed by atoms with Gasteiger partial charge in [0, 0.05) is 31.7 Å². The van der Waals surface area contributed by atoms with Gasteiger partial charge in [0.15, 0.2) is 0 Å². The fraction of sp³-hybridized carbons (Fsp3) is 0.714. The summed E-state index contributed by atoms with van der Waals surface area (Å²) in [5.74, 6) is -0.414. The number of carbonyl (C=O) groups is 2. The van der Waals surface area contributed by atoms with E-state index in [1.807, 2.05) is 32.9 Å². The molecule has 1 aliphatic heterocycles. The van der Waals surface area contributed by atoms with E-state index >= 15 is 0 Å². The van der Waals surface area contributed by atoms with Crippen LogP contribution >= 0.6 is 0 Å². The van der Waals surface area contributed by atoms with E-state index in [1.165, 1.54) is 6.42 Å². The molecule has 2 N–H and O–H groups in total. The maximum absolute atomic E-state index is 13.6. The Labute approximate surface area is 223 Å². The van der Waals surface area contributed by atoms with Gasteiger partial charge in [-0.3, -0.25) is 4.79 Å². The summed E-state index contributed by atoms with van der Waals surface area (Å²) in [6, 6.07) is 6.01. The number of nitrogens with one attached hydrogen (secondary N) is 2. The minimum atomic E-state index is -3.89. The molecule has 0 bridgehead atoms. The molecule has 3 unspecified atom stereocenters. The molecule has 1 aliphatic carbocycles. The van der Waals surface area contributed by atoms with Gasteiger partial charge in [0.05, 0.1) is 4.90 Å². The quantitative estimate of drug-likeness (QED) is 0.546. The summed E-state index contributed by atoms with van der Waals surface area (Å²) in [6.07, 6.45) is 6.23. The van der Waals surface area contributed by atoms with Crippen molar-refractivity contribution < 1.29 is 18.0 Å². The summed E-state index contributed by atoms with van der Waals surface area (Å²) in [4.78, 5) is 30.2. The highest BCUT2D eigenvalue weighted by Crippen LogP contribution is 2.24. The highest BCUT2D eigenvalue weighted by Gasteiger charge is 2.37. The van der Waals surface area contributed by atoms with Crippen molar-refractivity contribution in [3.05, 3.63) is 29.8 Å². The van der Waals surface area contributed by atoms with E-state index < -0.39 is 16.1 Å². The predicted octanol–water partition coefficient (Wildman–Crippen LogP) is 4.25. The van der Waals surface area contributed by atoms with E-state index in [0.29, 0.717) is 26.1 Å². The van der Waals surface area contributed by atoms with E-state index in [9.17, 15) is 18.0 Å². The maximum Gasteiger partial charge on any atom is 0.317 e. The highest BCUT2D eigenvalue weighted by molar-refractivity contribution is 7.89. The van der Waals surface area contributed by atoms with Crippen LogP contribution in [0.5, 0.6) is 0 Å². The standard InChI is InChI=1S/C28H46N4O4S/c1-7-20(2)25(30-37(35,36)24-15-13-22(14-16-24)28(4,5)6)26(33)31-17-18-32(21(3)19-31)27(34)29-23-11-9-8-10-12-23/h13-16,20-21,23,25,30H,7-12,17-19H2,1-6H3,(H,29,34). The first-order valence-electron chi connectivity index (χ1n) is 13.8. The minimum Gasteiger partial charge on any atom is -0.337 e. The third kappa shape index (κ3) is 7.47. The SMILES string of the molecule is CCC(C)C(NS(=O)(=O)c1ccc(C(C)(C)C)cc1)C(=O)N1CCN(C(=O)NC2CCCCC2)C(C)C1. The number of hydrogen-bond acceptors (Lipinski definition) is 4. The number of rotatable bonds is 7. The van der Waals surface area contributed by atoms with Crippen LogP contribution < -0.4 is 10.0 Å². The second-order valence-corrected chi connectivity index (χ2v) is 13.6. The van der Waals surface area contributed by atoms with Crippen molar-refractivity contribution in [3.63, 3.8) is 0 Å². The Morgan fingerprint density at radius 2 is 1.68 bits per heavy atom. The molecule has 37 heavy (non-hydrogen) atoms. The van der Waals surface area contributed by atoms with Crippen molar-refractivity contribution in [1.29, 1.82) is 0 Å². The van der Waals surface area contributed by atoms with Crippen LogP contribution in [0.4, 0.5) is 4.79 Å². The predicted molar refractivity (Wildman–Crippen MR) is 147 cm³/mol. The second-order valence-electron chi connectivity index (χ2n) is 11.9. The molecule has 3 rings (SSSR count). The Bertz CT molecular complexity index is 1030. The third-order valence-corrected chi connectivity index (χ3v) is 9.38. The first kappa shape index (κ1) is 29.4. The van der Waals surface area contributed by atoms with Gasteiger partial charge < -0.3 is 15.1 Å². The summed E-state index contributed by atoms with van der Waals surface area (Å²) < 4.78 is 29.2. The molecule has 0 aromatic heterocycles. The van der Waals surface area contributed by atoms with Crippen molar-refractivity contribution in [2.75, 3.05) is 19.6 Å². The fourth-order valence-corrected chi connectivity index (χ4v) is 6.47. The molecule has 1 aromatic rings. The van der Waals surface area contributed by atoms with Gasteiger partial charge in [0.25, 0.3) is 0 Å². The maximum atomic E-state index is 13.6. The highest BCUT2D eigenvalue weighted by atomic mass is 32.2. The van der Waals surface area contributed by atoms with Gasteiger partial charge in [0.1, 0.15) is 6.04 Å². The van der Waals surface area contributed by atoms with Gasteiger partial charge in [-0.05, 0) is 48.8 Å². The summed E-state index contributed by atoms with van der Waals surface area (Å²) in [5, 5.41) is 3.17. The van der Waals surface area contributed by atoms with Crippen LogP contribution in [0, 0.1) is 5.92 Å². The number of benzene rings is 1. The third-order valence-electron chi connectivity index (χ3n) is 7.92. The number of hydrogen-bond donors (Lipinski definition) is 2. The van der Waals surface area contributed by atoms with Crippen LogP contribution in [0.2, 0.25) is 0 Å². The number of piperazine rings is 1. The summed E-state index contributed by atoms with van der Waals surface area (Å²) >= 11 is 0. The van der Waals surface area contributed by atoms with Crippen molar-refractivity contribution in [2.45, 2.75) is 109 Å². The molecule has 9 heteroatoms. The topological polar surface area (TPSA) is 98.8 Å². The molecule has 1 heterocycles. The Balaban J connectivity index is 1.67. The monoisotopic (exact) mass is 534 g/mol. The van der Waals surface area contributed by atoms with E-state index in [0.717, 1.165) is 31.2 Å². The van der Waals surface area contributed by atoms with Crippen molar-refractivity contribution >= 4 is 22.0 Å². The molecule has 1 saturated heterocycles. The molecule has 0 radical (unpaired) electrons. The van der Waals surface area contributed by atoms with Crippen LogP contribution in [-0.4, -0.2) is 67.9 Å². The van der Waals surface area contributed by atoms with Crippen LogP contribution in [0.25, 0.3) is 0 Å². The average Bonchev–Trinajstić information content (AvgIpc) is 2.86. The number of carbonyl (C=O) groups excluding carboxylic acids is 2. The zero-order valence-corrected chi connectivity index (χ0v) is 24.2. The molecule has 208 valence electrons. The van der Waals surface area contributed by atoms with Gasteiger partial charge in [-0.15, -0.1) is 0 Å². The molecule has 3 amide bonds. The molecule has 1 aromatic carbocycles. The zero-order valence-electron chi connectivity index (χ0n) is 23.4. The number of urea groups is 1. The number of sulfonamides is 1. The average molecular weight is 535 g/mol. The van der Waals surface area contributed by atoms with Gasteiger partial charge in [-0.2, -0.15) is 4.72 Å². The number of amides is 3. The van der Waals surface area contributed by atoms with E-state index in [-0.39, 0.29) is 40.3 Å². The first-order chi connectivity index (χ1) is 17.3. The molecule has 2 fully saturated rings. The fourth-order valence-electron chi connectivity index (χ4n) is 5.18. The number of nitrogens with zero attached hydrogens (tertiary/aromatic N) is 2. The van der Waals surface area contributed by atoms with Gasteiger partial charge in [-0.1, -0.05) is 72.4 Å². The summed E-state index contributed by atoms with van der Waals surface area (Å²) in [5.41, 5.74) is 0.956. The largest absolute Gasteiger partial charge is 0.337 e. The second kappa shape index (κ2) is 12.2. The first-order valence-corrected chi connectivity index (χ1v) is 15.3. The molecule has 0 spiro atoms. The molecule has 1 saturated carbocycles. The molecule has 8 nitrogen and oxygen atoms in total. The molecular formula is C28H46N4O4S. The van der Waals surface area contributed by atoms with Crippen LogP contribution in [0.1, 0.15) is 85.6 Å². The molecule has 2 aliphatic rings. The van der Waals surface area contributed by atoms with Crippen molar-refractivity contribution in [2.24, 2.45) is 5.92 Å². The Morgan fingerprint density at radius 1 is 1.05 bits per heavy atom. The Hall–Kier alpha value is -2.13. The van der Waals surface area contributed by atoms with Gasteiger partial charge >= 0.3 is 6.03 Å². The van der Waals surface area contributed by atoms with Crippen LogP contribution in [-0.2, 0) is 20.2 Å². The lowest BCUT2D eigenvalue weighted by Gasteiger charge is -2.42. The Kier molecular flexibility index (Phi) is 9.67. The summed E-state index contributed by atoms with van der Waals surface area (Å²) in [7, 11) is -3.89. The molecular weight excluding hydrogens is 488 g/mol. The zero-order chi connectivity index (χ0) is 27.4. The molecule has 3 atom stereocenters. The minimum absolute atomic E-state index is 0.0654. The van der Waals surface area contributed by atoms with Gasteiger partial charge in [-0.25, -0.2) is 13.2 Å². The van der Waals surface area contributed by atoms with Crippen LogP contribution in [0.3, 0.4) is 0 Å². The smallest absolute Gasteiger partial charge is 0.317 e. The van der Waals surface area contributed by atoms with Crippen molar-refractivity contribution in [1.82, 2.24) is 19.8 Å². The Morgan fingerprint density at radius 3 is 2.22 bits per heavy atom. The van der Waals surface area contributed by atoms with E-state index in [2.05, 4.69) is 30.8 Å². The van der Waals surface area contributed by atoms with E-state index in [4.69, 9.17) is 0 Å². The normalized spacial score (nSPS) is 21.4. The van der Waals surface area contributed by atoms with Gasteiger partial charge in [0.2, 0.25) is 15.9 Å². The lowest BCUT2D eigenvalue weighted by atomic mass is 9.87. The van der Waals surface area contributed by atoms with Crippen LogP contribution in [0.15, 0.2) is 29.2 Å². The lowest BCUT2D eigenvalue weighted by Crippen LogP contribution is -2.61. The van der Waals surface area contributed by atoms with E-state index in [1.54, 1.807) is 21.9 Å².